The van der Waals surface area contributed by atoms with Gasteiger partial charge in [0.25, 0.3) is 0 Å². The third kappa shape index (κ3) is 3.03. The lowest BCUT2D eigenvalue weighted by Crippen LogP contribution is -1.91. The highest BCUT2D eigenvalue weighted by atomic mass is 32.2. The number of aromatic hydroxyl groups is 2. The number of aryl methyl sites for hydroxylation is 2. The minimum absolute atomic E-state index is 0.334. The first-order valence-corrected chi connectivity index (χ1v) is 8.11. The Bertz CT molecular complexity index is 605. The summed E-state index contributed by atoms with van der Waals surface area (Å²) in [5.74, 6) is 0.668. The molecule has 112 valence electrons. The maximum atomic E-state index is 10.4. The zero-order valence-corrected chi connectivity index (χ0v) is 13.8. The number of hydrogen-bond acceptors (Lipinski definition) is 3. The third-order valence-electron chi connectivity index (χ3n) is 3.89. The number of phenolic OH excluding ortho intramolecular Hbond substituents is 2. The van der Waals surface area contributed by atoms with Gasteiger partial charge in [0.2, 0.25) is 0 Å². The lowest BCUT2D eigenvalue weighted by Gasteiger charge is -2.14. The molecule has 2 aromatic carbocycles. The molecule has 0 aromatic heterocycles. The van der Waals surface area contributed by atoms with Crippen molar-refractivity contribution >= 4 is 11.8 Å². The van der Waals surface area contributed by atoms with Crippen molar-refractivity contribution < 1.29 is 10.2 Å². The second-order valence-corrected chi connectivity index (χ2v) is 6.31. The molecule has 0 saturated heterocycles. The van der Waals surface area contributed by atoms with Crippen molar-refractivity contribution in [3.05, 3.63) is 46.5 Å². The molecular formula is C18H22O2S. The smallest absolute Gasteiger partial charge is 0.132 e. The molecule has 2 rings (SSSR count). The molecule has 0 amide bonds. The molecule has 0 radical (unpaired) electrons. The summed E-state index contributed by atoms with van der Waals surface area (Å²) in [6.07, 6.45) is 1.60. The van der Waals surface area contributed by atoms with E-state index in [4.69, 9.17) is 0 Å². The average molecular weight is 302 g/mol. The highest BCUT2D eigenvalue weighted by Crippen LogP contribution is 2.42. The van der Waals surface area contributed by atoms with Gasteiger partial charge in [-0.2, -0.15) is 0 Å². The zero-order chi connectivity index (χ0) is 15.6. The van der Waals surface area contributed by atoms with Crippen LogP contribution in [0.1, 0.15) is 36.1 Å². The first-order chi connectivity index (χ1) is 9.99. The summed E-state index contributed by atoms with van der Waals surface area (Å²) in [4.78, 5) is 1.58. The van der Waals surface area contributed by atoms with E-state index in [1.54, 1.807) is 0 Å². The zero-order valence-electron chi connectivity index (χ0n) is 13.0. The van der Waals surface area contributed by atoms with Crippen LogP contribution in [0.25, 0.3) is 0 Å². The van der Waals surface area contributed by atoms with Gasteiger partial charge in [-0.3, -0.25) is 0 Å². The van der Waals surface area contributed by atoms with Crippen molar-refractivity contribution in [2.45, 2.75) is 50.3 Å². The van der Waals surface area contributed by atoms with Crippen LogP contribution < -0.4 is 0 Å². The Morgan fingerprint density at radius 1 is 0.762 bits per heavy atom. The van der Waals surface area contributed by atoms with Crippen LogP contribution in [0.3, 0.4) is 0 Å². The summed E-state index contributed by atoms with van der Waals surface area (Å²) in [5, 5.41) is 20.8. The third-order valence-corrected chi connectivity index (χ3v) is 4.99. The molecule has 0 atom stereocenters. The second-order valence-electron chi connectivity index (χ2n) is 5.22. The molecule has 0 aliphatic carbocycles. The molecule has 0 unspecified atom stereocenters. The Morgan fingerprint density at radius 3 is 1.48 bits per heavy atom. The fourth-order valence-electron chi connectivity index (χ4n) is 2.61. The molecule has 0 saturated carbocycles. The normalized spacial score (nSPS) is 10.9. The summed E-state index contributed by atoms with van der Waals surface area (Å²) >= 11 is 1.42. The van der Waals surface area contributed by atoms with Gasteiger partial charge in [0.1, 0.15) is 11.5 Å². The predicted octanol–water partition coefficient (Wildman–Crippen LogP) is 4.99. The number of phenols is 2. The summed E-state index contributed by atoms with van der Waals surface area (Å²) in [6.45, 7) is 8.08. The largest absolute Gasteiger partial charge is 0.506 e. The van der Waals surface area contributed by atoms with Crippen LogP contribution in [0.15, 0.2) is 34.1 Å². The highest BCUT2D eigenvalue weighted by Gasteiger charge is 2.14. The summed E-state index contributed by atoms with van der Waals surface area (Å²) in [5.41, 5.74) is 4.15. The van der Waals surface area contributed by atoms with E-state index in [9.17, 15) is 10.2 Å². The summed E-state index contributed by atoms with van der Waals surface area (Å²) in [6, 6.07) is 7.87. The molecular weight excluding hydrogens is 280 g/mol. The monoisotopic (exact) mass is 302 g/mol. The maximum Gasteiger partial charge on any atom is 0.132 e. The van der Waals surface area contributed by atoms with Crippen LogP contribution in [-0.4, -0.2) is 10.2 Å². The van der Waals surface area contributed by atoms with E-state index in [0.29, 0.717) is 11.5 Å². The van der Waals surface area contributed by atoms with E-state index >= 15 is 0 Å². The lowest BCUT2D eigenvalue weighted by atomic mass is 10.1. The average Bonchev–Trinajstić information content (AvgIpc) is 2.45. The Hall–Kier alpha value is -1.61. The van der Waals surface area contributed by atoms with E-state index in [0.717, 1.165) is 44.9 Å². The maximum absolute atomic E-state index is 10.4. The lowest BCUT2D eigenvalue weighted by molar-refractivity contribution is 0.452. The first kappa shape index (κ1) is 15.8. The molecule has 0 spiro atoms. The Balaban J connectivity index is 2.44. The van der Waals surface area contributed by atoms with Gasteiger partial charge in [-0.25, -0.2) is 0 Å². The predicted molar refractivity (Wildman–Crippen MR) is 88.6 cm³/mol. The molecule has 0 aliphatic heterocycles. The Labute approximate surface area is 130 Å². The topological polar surface area (TPSA) is 40.5 Å². The van der Waals surface area contributed by atoms with Gasteiger partial charge < -0.3 is 10.2 Å². The van der Waals surface area contributed by atoms with Crippen molar-refractivity contribution in [2.24, 2.45) is 0 Å². The van der Waals surface area contributed by atoms with Crippen LogP contribution in [-0.2, 0) is 12.8 Å². The number of rotatable bonds is 4. The fourth-order valence-corrected chi connectivity index (χ4v) is 3.56. The van der Waals surface area contributed by atoms with E-state index in [-0.39, 0.29) is 0 Å². The van der Waals surface area contributed by atoms with Crippen molar-refractivity contribution in [3.8, 4) is 11.5 Å². The summed E-state index contributed by atoms with van der Waals surface area (Å²) < 4.78 is 0. The SMILES string of the molecule is CCc1c(C)ccc(Sc2ccc(C)c(CC)c2O)c1O. The number of hydrogen-bond donors (Lipinski definition) is 2. The van der Waals surface area contributed by atoms with Crippen LogP contribution >= 0.6 is 11.8 Å². The van der Waals surface area contributed by atoms with Gasteiger partial charge in [-0.05, 0) is 61.1 Å². The van der Waals surface area contributed by atoms with Crippen molar-refractivity contribution in [2.75, 3.05) is 0 Å². The first-order valence-electron chi connectivity index (χ1n) is 7.30. The molecule has 2 N–H and O–H groups in total. The molecule has 21 heavy (non-hydrogen) atoms. The minimum Gasteiger partial charge on any atom is -0.506 e. The van der Waals surface area contributed by atoms with Gasteiger partial charge in [0.05, 0.1) is 9.79 Å². The molecule has 0 aliphatic rings. The molecule has 0 heterocycles. The van der Waals surface area contributed by atoms with Crippen molar-refractivity contribution in [3.63, 3.8) is 0 Å². The van der Waals surface area contributed by atoms with Crippen LogP contribution in [0.5, 0.6) is 11.5 Å². The Morgan fingerprint density at radius 2 is 1.14 bits per heavy atom. The molecule has 0 fully saturated rings. The molecule has 3 heteroatoms. The highest BCUT2D eigenvalue weighted by molar-refractivity contribution is 7.99. The van der Waals surface area contributed by atoms with Crippen LogP contribution in [0, 0.1) is 13.8 Å². The van der Waals surface area contributed by atoms with E-state index in [1.807, 2.05) is 52.0 Å². The Kier molecular flexibility index (Phi) is 4.84. The van der Waals surface area contributed by atoms with Crippen LogP contribution in [0.4, 0.5) is 0 Å². The van der Waals surface area contributed by atoms with E-state index in [2.05, 4.69) is 0 Å². The van der Waals surface area contributed by atoms with Crippen molar-refractivity contribution in [1.82, 2.24) is 0 Å². The van der Waals surface area contributed by atoms with E-state index < -0.39 is 0 Å². The van der Waals surface area contributed by atoms with Gasteiger partial charge in [-0.15, -0.1) is 0 Å². The number of benzene rings is 2. The van der Waals surface area contributed by atoms with E-state index in [1.165, 1.54) is 11.8 Å². The molecule has 0 bridgehead atoms. The van der Waals surface area contributed by atoms with Crippen molar-refractivity contribution in [1.29, 1.82) is 0 Å². The van der Waals surface area contributed by atoms with Gasteiger partial charge in [0.15, 0.2) is 0 Å². The second kappa shape index (κ2) is 6.44. The fraction of sp³-hybridized carbons (Fsp3) is 0.333. The molecule has 2 nitrogen and oxygen atoms in total. The minimum atomic E-state index is 0.334. The molecule has 2 aromatic rings. The standard InChI is InChI=1S/C18H22O2S/c1-5-13-11(3)7-9-15(17(13)19)21-16-10-8-12(4)14(6-2)18(16)20/h7-10,19-20H,5-6H2,1-4H3. The van der Waals surface area contributed by atoms with Gasteiger partial charge in [-0.1, -0.05) is 37.7 Å². The van der Waals surface area contributed by atoms with Gasteiger partial charge >= 0.3 is 0 Å². The summed E-state index contributed by atoms with van der Waals surface area (Å²) in [7, 11) is 0. The van der Waals surface area contributed by atoms with Crippen LogP contribution in [0.2, 0.25) is 0 Å². The van der Waals surface area contributed by atoms with Gasteiger partial charge in [0, 0.05) is 0 Å². The quantitative estimate of drug-likeness (QED) is 0.836.